The van der Waals surface area contributed by atoms with Crippen LogP contribution in [0.5, 0.6) is 0 Å². The Balaban J connectivity index is 3.13. The molecule has 0 aliphatic heterocycles. The van der Waals surface area contributed by atoms with E-state index in [2.05, 4.69) is 25.3 Å². The molecule has 0 aliphatic rings. The minimum atomic E-state index is -0.730. The third-order valence-electron chi connectivity index (χ3n) is 1.34. The van der Waals surface area contributed by atoms with Crippen molar-refractivity contribution in [3.8, 4) is 0 Å². The number of fused-ring (bicyclic) bond motifs is 1. The van der Waals surface area contributed by atoms with E-state index in [0.717, 1.165) is 0 Å². The number of aromatic amines is 1. The summed E-state index contributed by atoms with van der Waals surface area (Å²) >= 11 is 4.42. The molecule has 2 aromatic rings. The number of hydrogen-bond acceptors (Lipinski definition) is 4. The van der Waals surface area contributed by atoms with E-state index in [4.69, 9.17) is 0 Å². The molecule has 6 heteroatoms. The second-order valence-electron chi connectivity index (χ2n) is 2.09. The number of thiophene rings is 1. The fourth-order valence-electron chi connectivity index (χ4n) is 0.862. The monoisotopic (exact) mass is 247 g/mol. The minimum absolute atomic E-state index is 0.418. The number of hydrogen-bond donors (Lipinski definition) is 1. The van der Waals surface area contributed by atoms with E-state index in [0.29, 0.717) is 14.7 Å². The van der Waals surface area contributed by atoms with Crippen LogP contribution in [0.1, 0.15) is 0 Å². The molecule has 0 fully saturated rings. The summed E-state index contributed by atoms with van der Waals surface area (Å²) in [6.07, 6.45) is 0. The van der Waals surface area contributed by atoms with E-state index in [1.807, 2.05) is 0 Å². The zero-order chi connectivity index (χ0) is 8.72. The number of halogens is 1. The number of aromatic nitrogens is 1. The second-order valence-corrected chi connectivity index (χ2v) is 3.82. The molecule has 0 radical (unpaired) electrons. The van der Waals surface area contributed by atoms with Gasteiger partial charge in [0, 0.05) is 5.38 Å². The molecule has 62 valence electrons. The Hall–Kier alpha value is -0.880. The van der Waals surface area contributed by atoms with Gasteiger partial charge in [-0.2, -0.15) is 0 Å². The van der Waals surface area contributed by atoms with Gasteiger partial charge >= 0.3 is 11.4 Å². The van der Waals surface area contributed by atoms with Crippen LogP contribution < -0.4 is 11.4 Å². The van der Waals surface area contributed by atoms with Gasteiger partial charge in [0.1, 0.15) is 4.70 Å². The van der Waals surface area contributed by atoms with Gasteiger partial charge in [-0.05, 0) is 15.9 Å². The van der Waals surface area contributed by atoms with Crippen LogP contribution in [0, 0.1) is 0 Å². The summed E-state index contributed by atoms with van der Waals surface area (Å²) in [6, 6.07) is 0. The highest BCUT2D eigenvalue weighted by atomic mass is 79.9. The third kappa shape index (κ3) is 1.03. The Morgan fingerprint density at radius 1 is 1.50 bits per heavy atom. The maximum atomic E-state index is 11.0. The van der Waals surface area contributed by atoms with Gasteiger partial charge in [0.2, 0.25) is 0 Å². The average Bonchev–Trinajstić information content (AvgIpc) is 2.33. The average molecular weight is 248 g/mol. The normalized spacial score (nSPS) is 10.8. The van der Waals surface area contributed by atoms with Crippen molar-refractivity contribution in [2.45, 2.75) is 0 Å². The van der Waals surface area contributed by atoms with Crippen molar-refractivity contribution in [2.75, 3.05) is 0 Å². The van der Waals surface area contributed by atoms with Crippen LogP contribution in [0.15, 0.2) is 23.9 Å². The van der Waals surface area contributed by atoms with Crippen molar-refractivity contribution in [2.24, 2.45) is 0 Å². The lowest BCUT2D eigenvalue weighted by molar-refractivity contribution is 0.461. The maximum absolute atomic E-state index is 11.0. The quantitative estimate of drug-likeness (QED) is 0.764. The second kappa shape index (κ2) is 2.56. The fraction of sp³-hybridized carbons (Fsp3) is 0. The lowest BCUT2D eigenvalue weighted by Gasteiger charge is -1.85. The minimum Gasteiger partial charge on any atom is -0.372 e. The molecule has 0 spiro atoms. The van der Waals surface area contributed by atoms with Gasteiger partial charge in [-0.1, -0.05) is 0 Å². The SMILES string of the molecule is O=c1[nH]c2c(Br)csc2c(=O)o1. The summed E-state index contributed by atoms with van der Waals surface area (Å²) in [5.41, 5.74) is -0.0919. The standard InChI is InChI=1S/C6H2BrNO3S/c7-2-1-12-4-3(2)8-6(10)11-5(4)9/h1H,(H,8,10). The van der Waals surface area contributed by atoms with Gasteiger partial charge in [0.25, 0.3) is 0 Å². The molecule has 2 heterocycles. The van der Waals surface area contributed by atoms with Gasteiger partial charge in [0.05, 0.1) is 9.99 Å². The Morgan fingerprint density at radius 2 is 2.25 bits per heavy atom. The molecule has 0 saturated carbocycles. The highest BCUT2D eigenvalue weighted by molar-refractivity contribution is 9.10. The van der Waals surface area contributed by atoms with Crippen LogP contribution in [-0.4, -0.2) is 4.98 Å². The molecule has 0 aliphatic carbocycles. The zero-order valence-corrected chi connectivity index (χ0v) is 7.99. The smallest absolute Gasteiger partial charge is 0.372 e. The summed E-state index contributed by atoms with van der Waals surface area (Å²) in [6.45, 7) is 0. The van der Waals surface area contributed by atoms with Crippen LogP contribution in [0.4, 0.5) is 0 Å². The van der Waals surface area contributed by atoms with Crippen molar-refractivity contribution >= 4 is 37.5 Å². The van der Waals surface area contributed by atoms with E-state index < -0.39 is 11.4 Å². The summed E-state index contributed by atoms with van der Waals surface area (Å²) in [7, 11) is 0. The molecule has 2 aromatic heterocycles. The molecule has 0 unspecified atom stereocenters. The number of H-pyrrole nitrogens is 1. The highest BCUT2D eigenvalue weighted by Gasteiger charge is 2.07. The van der Waals surface area contributed by atoms with Crippen molar-refractivity contribution < 1.29 is 4.42 Å². The topological polar surface area (TPSA) is 63.1 Å². The Labute approximate surface area is 78.0 Å². The zero-order valence-electron chi connectivity index (χ0n) is 5.59. The summed E-state index contributed by atoms with van der Waals surface area (Å²) in [5, 5.41) is 1.72. The number of rotatable bonds is 0. The molecule has 0 saturated heterocycles. The Kier molecular flexibility index (Phi) is 1.66. The highest BCUT2D eigenvalue weighted by Crippen LogP contribution is 2.24. The Bertz CT molecular complexity index is 537. The largest absolute Gasteiger partial charge is 0.419 e. The first-order valence-corrected chi connectivity index (χ1v) is 4.66. The molecular formula is C6H2BrNO3S. The lowest BCUT2D eigenvalue weighted by atomic mass is 10.5. The first kappa shape index (κ1) is 7.75. The van der Waals surface area contributed by atoms with Crippen molar-refractivity contribution in [1.29, 1.82) is 0 Å². The van der Waals surface area contributed by atoms with Gasteiger partial charge in [-0.15, -0.1) is 11.3 Å². The van der Waals surface area contributed by atoms with E-state index in [1.165, 1.54) is 11.3 Å². The molecule has 0 amide bonds. The lowest BCUT2D eigenvalue weighted by Crippen LogP contribution is -2.12. The maximum Gasteiger partial charge on any atom is 0.419 e. The van der Waals surface area contributed by atoms with Crippen molar-refractivity contribution in [1.82, 2.24) is 4.98 Å². The van der Waals surface area contributed by atoms with E-state index >= 15 is 0 Å². The number of nitrogens with one attached hydrogen (secondary N) is 1. The van der Waals surface area contributed by atoms with Crippen LogP contribution in [0.3, 0.4) is 0 Å². The predicted octanol–water partition coefficient (Wildman–Crippen LogP) is 1.31. The molecule has 4 nitrogen and oxygen atoms in total. The summed E-state index contributed by atoms with van der Waals surface area (Å²) in [5.74, 6) is -0.730. The van der Waals surface area contributed by atoms with Gasteiger partial charge in [-0.3, -0.25) is 4.98 Å². The molecule has 0 bridgehead atoms. The molecule has 2 rings (SSSR count). The van der Waals surface area contributed by atoms with E-state index in [-0.39, 0.29) is 0 Å². The first-order chi connectivity index (χ1) is 5.68. The molecule has 0 atom stereocenters. The summed E-state index contributed by atoms with van der Waals surface area (Å²) in [4.78, 5) is 24.2. The molecule has 12 heavy (non-hydrogen) atoms. The van der Waals surface area contributed by atoms with Crippen molar-refractivity contribution in [3.63, 3.8) is 0 Å². The van der Waals surface area contributed by atoms with Crippen LogP contribution in [0.25, 0.3) is 10.2 Å². The van der Waals surface area contributed by atoms with Crippen LogP contribution in [0.2, 0.25) is 0 Å². The molecule has 1 N–H and O–H groups in total. The summed E-state index contributed by atoms with van der Waals surface area (Å²) < 4.78 is 5.45. The first-order valence-electron chi connectivity index (χ1n) is 2.98. The van der Waals surface area contributed by atoms with E-state index in [9.17, 15) is 9.59 Å². The predicted molar refractivity (Wildman–Crippen MR) is 48.7 cm³/mol. The van der Waals surface area contributed by atoms with Crippen LogP contribution >= 0.6 is 27.3 Å². The van der Waals surface area contributed by atoms with E-state index in [1.54, 1.807) is 5.38 Å². The van der Waals surface area contributed by atoms with Gasteiger partial charge < -0.3 is 4.42 Å². The van der Waals surface area contributed by atoms with Crippen LogP contribution in [-0.2, 0) is 0 Å². The molecular weight excluding hydrogens is 246 g/mol. The molecule has 0 aromatic carbocycles. The van der Waals surface area contributed by atoms with Gasteiger partial charge in [-0.25, -0.2) is 9.59 Å². The fourth-order valence-corrected chi connectivity index (χ4v) is 2.33. The Morgan fingerprint density at radius 3 is 3.00 bits per heavy atom. The third-order valence-corrected chi connectivity index (χ3v) is 3.23. The van der Waals surface area contributed by atoms with Gasteiger partial charge in [0.15, 0.2) is 0 Å². The van der Waals surface area contributed by atoms with Crippen molar-refractivity contribution in [3.05, 3.63) is 30.8 Å².